The SMILES string of the molecule is O=CNc1ccc(OCC(=O)O)c(CCC(=O)OCc2ccccc2)c1. The summed E-state index contributed by atoms with van der Waals surface area (Å²) in [6.07, 6.45) is 0.919. The average molecular weight is 357 g/mol. The van der Waals surface area contributed by atoms with Crippen LogP contribution in [0.1, 0.15) is 17.5 Å². The maximum Gasteiger partial charge on any atom is 0.341 e. The van der Waals surface area contributed by atoms with Crippen LogP contribution in [0.2, 0.25) is 0 Å². The third-order valence-electron chi connectivity index (χ3n) is 3.48. The van der Waals surface area contributed by atoms with Gasteiger partial charge in [0.15, 0.2) is 6.61 Å². The second-order valence-corrected chi connectivity index (χ2v) is 5.41. The molecule has 0 aliphatic rings. The predicted molar refractivity (Wildman–Crippen MR) is 93.8 cm³/mol. The molecule has 0 aliphatic carbocycles. The van der Waals surface area contributed by atoms with Crippen LogP contribution in [0.4, 0.5) is 5.69 Å². The summed E-state index contributed by atoms with van der Waals surface area (Å²) >= 11 is 0. The first-order chi connectivity index (χ1) is 12.6. The predicted octanol–water partition coefficient (Wildman–Crippen LogP) is 2.39. The molecule has 1 amide bonds. The minimum atomic E-state index is -1.10. The number of anilines is 1. The second kappa shape index (κ2) is 9.83. The first-order valence-corrected chi connectivity index (χ1v) is 7.95. The third-order valence-corrected chi connectivity index (χ3v) is 3.48. The normalized spacial score (nSPS) is 10.0. The first-order valence-electron chi connectivity index (χ1n) is 7.95. The summed E-state index contributed by atoms with van der Waals surface area (Å²) in [5.74, 6) is -1.14. The highest BCUT2D eigenvalue weighted by Gasteiger charge is 2.11. The number of carbonyl (C=O) groups excluding carboxylic acids is 2. The number of esters is 1. The Morgan fingerprint density at radius 2 is 1.88 bits per heavy atom. The summed E-state index contributed by atoms with van der Waals surface area (Å²) in [7, 11) is 0. The second-order valence-electron chi connectivity index (χ2n) is 5.41. The van der Waals surface area contributed by atoms with Crippen LogP contribution in [0.5, 0.6) is 5.75 Å². The van der Waals surface area contributed by atoms with Crippen LogP contribution in [-0.2, 0) is 32.1 Å². The Hall–Kier alpha value is -3.35. The molecule has 7 heteroatoms. The molecule has 0 spiro atoms. The number of carboxylic acids is 1. The Kier molecular flexibility index (Phi) is 7.17. The summed E-state index contributed by atoms with van der Waals surface area (Å²) in [5, 5.41) is 11.2. The van der Waals surface area contributed by atoms with E-state index in [1.54, 1.807) is 18.2 Å². The molecule has 0 aliphatic heterocycles. The number of hydrogen-bond acceptors (Lipinski definition) is 5. The Bertz CT molecular complexity index is 760. The number of carbonyl (C=O) groups is 3. The molecule has 0 radical (unpaired) electrons. The largest absolute Gasteiger partial charge is 0.482 e. The van der Waals surface area contributed by atoms with E-state index in [9.17, 15) is 14.4 Å². The van der Waals surface area contributed by atoms with Crippen molar-refractivity contribution < 1.29 is 29.0 Å². The van der Waals surface area contributed by atoms with Gasteiger partial charge >= 0.3 is 11.9 Å². The van der Waals surface area contributed by atoms with Gasteiger partial charge in [-0.1, -0.05) is 30.3 Å². The zero-order chi connectivity index (χ0) is 18.8. The van der Waals surface area contributed by atoms with Gasteiger partial charge in [0.25, 0.3) is 0 Å². The summed E-state index contributed by atoms with van der Waals surface area (Å²) in [6, 6.07) is 14.1. The minimum Gasteiger partial charge on any atom is -0.482 e. The molecular formula is C19H19NO6. The van der Waals surface area contributed by atoms with E-state index in [0.717, 1.165) is 5.56 Å². The molecule has 0 aromatic heterocycles. The van der Waals surface area contributed by atoms with Crippen molar-refractivity contribution in [1.82, 2.24) is 0 Å². The maximum absolute atomic E-state index is 11.9. The molecule has 0 saturated heterocycles. The standard InChI is InChI=1S/C19H19NO6/c21-13-20-16-7-8-17(25-12-18(22)23)15(10-16)6-9-19(24)26-11-14-4-2-1-3-5-14/h1-5,7-8,10,13H,6,9,11-12H2,(H,20,21)(H,22,23). The lowest BCUT2D eigenvalue weighted by atomic mass is 10.1. The zero-order valence-corrected chi connectivity index (χ0v) is 14.0. The van der Waals surface area contributed by atoms with E-state index in [-0.39, 0.29) is 25.4 Å². The molecule has 0 saturated carbocycles. The van der Waals surface area contributed by atoms with Gasteiger partial charge in [-0.15, -0.1) is 0 Å². The number of ether oxygens (including phenoxy) is 2. The van der Waals surface area contributed by atoms with Crippen molar-refractivity contribution in [1.29, 1.82) is 0 Å². The van der Waals surface area contributed by atoms with Crippen LogP contribution < -0.4 is 10.1 Å². The Labute approximate surface area is 150 Å². The van der Waals surface area contributed by atoms with Crippen molar-refractivity contribution in [3.8, 4) is 5.75 Å². The van der Waals surface area contributed by atoms with Crippen LogP contribution in [0, 0.1) is 0 Å². The smallest absolute Gasteiger partial charge is 0.341 e. The number of aryl methyl sites for hydroxylation is 1. The van der Waals surface area contributed by atoms with Gasteiger partial charge in [-0.25, -0.2) is 4.79 Å². The van der Waals surface area contributed by atoms with E-state index in [2.05, 4.69) is 5.32 Å². The molecule has 136 valence electrons. The first kappa shape index (κ1) is 19.0. The Morgan fingerprint density at radius 1 is 1.12 bits per heavy atom. The highest BCUT2D eigenvalue weighted by molar-refractivity contribution is 5.73. The van der Waals surface area contributed by atoms with Crippen LogP contribution in [-0.4, -0.2) is 30.1 Å². The van der Waals surface area contributed by atoms with Crippen molar-refractivity contribution in [3.05, 3.63) is 59.7 Å². The van der Waals surface area contributed by atoms with Gasteiger partial charge < -0.3 is 19.9 Å². The molecule has 0 bridgehead atoms. The molecule has 2 N–H and O–H groups in total. The molecule has 2 aromatic rings. The van der Waals surface area contributed by atoms with Crippen LogP contribution in [0.15, 0.2) is 48.5 Å². The van der Waals surface area contributed by atoms with Gasteiger partial charge in [0, 0.05) is 12.1 Å². The monoisotopic (exact) mass is 357 g/mol. The summed E-state index contributed by atoms with van der Waals surface area (Å²) in [6.45, 7) is -0.305. The summed E-state index contributed by atoms with van der Waals surface area (Å²) < 4.78 is 10.4. The van der Waals surface area contributed by atoms with E-state index in [0.29, 0.717) is 23.4 Å². The van der Waals surface area contributed by atoms with Crippen molar-refractivity contribution in [2.24, 2.45) is 0 Å². The van der Waals surface area contributed by atoms with Gasteiger partial charge in [0.05, 0.1) is 0 Å². The Balaban J connectivity index is 1.96. The van der Waals surface area contributed by atoms with Crippen molar-refractivity contribution >= 4 is 24.0 Å². The molecule has 0 heterocycles. The van der Waals surface area contributed by atoms with Crippen molar-refractivity contribution in [3.63, 3.8) is 0 Å². The van der Waals surface area contributed by atoms with Crippen LogP contribution >= 0.6 is 0 Å². The number of carboxylic acid groups (broad SMARTS) is 1. The number of aliphatic carboxylic acids is 1. The topological polar surface area (TPSA) is 102 Å². The molecule has 2 rings (SSSR count). The van der Waals surface area contributed by atoms with Crippen molar-refractivity contribution in [2.45, 2.75) is 19.4 Å². The van der Waals surface area contributed by atoms with E-state index < -0.39 is 12.6 Å². The minimum absolute atomic E-state index is 0.0980. The number of benzene rings is 2. The number of rotatable bonds is 10. The van der Waals surface area contributed by atoms with Gasteiger partial charge in [-0.05, 0) is 35.7 Å². The van der Waals surface area contributed by atoms with E-state index >= 15 is 0 Å². The van der Waals surface area contributed by atoms with E-state index in [1.807, 2.05) is 30.3 Å². The van der Waals surface area contributed by atoms with Gasteiger partial charge in [0.1, 0.15) is 12.4 Å². The van der Waals surface area contributed by atoms with Gasteiger partial charge in [-0.3, -0.25) is 9.59 Å². The summed E-state index contributed by atoms with van der Waals surface area (Å²) in [4.78, 5) is 33.2. The third kappa shape index (κ3) is 6.27. The fourth-order valence-electron chi connectivity index (χ4n) is 2.26. The Morgan fingerprint density at radius 3 is 2.58 bits per heavy atom. The lowest BCUT2D eigenvalue weighted by Crippen LogP contribution is -2.12. The highest BCUT2D eigenvalue weighted by Crippen LogP contribution is 2.24. The van der Waals surface area contributed by atoms with Gasteiger partial charge in [-0.2, -0.15) is 0 Å². The molecule has 2 aromatic carbocycles. The fourth-order valence-corrected chi connectivity index (χ4v) is 2.26. The zero-order valence-electron chi connectivity index (χ0n) is 14.0. The molecule has 26 heavy (non-hydrogen) atoms. The van der Waals surface area contributed by atoms with E-state index in [1.165, 1.54) is 0 Å². The molecule has 0 atom stereocenters. The molecule has 0 fully saturated rings. The number of hydrogen-bond donors (Lipinski definition) is 2. The number of nitrogens with one attached hydrogen (secondary N) is 1. The lowest BCUT2D eigenvalue weighted by Gasteiger charge is -2.12. The quantitative estimate of drug-likeness (QED) is 0.500. The highest BCUT2D eigenvalue weighted by atomic mass is 16.5. The maximum atomic E-state index is 11.9. The fraction of sp³-hybridized carbons (Fsp3) is 0.211. The molecule has 0 unspecified atom stereocenters. The van der Waals surface area contributed by atoms with E-state index in [4.69, 9.17) is 14.6 Å². The lowest BCUT2D eigenvalue weighted by molar-refractivity contribution is -0.145. The van der Waals surface area contributed by atoms with Gasteiger partial charge in [0.2, 0.25) is 6.41 Å². The van der Waals surface area contributed by atoms with Crippen LogP contribution in [0.25, 0.3) is 0 Å². The van der Waals surface area contributed by atoms with Crippen LogP contribution in [0.3, 0.4) is 0 Å². The summed E-state index contributed by atoms with van der Waals surface area (Å²) in [5.41, 5.74) is 2.02. The molecular weight excluding hydrogens is 338 g/mol. The molecule has 7 nitrogen and oxygen atoms in total. The average Bonchev–Trinajstić information content (AvgIpc) is 2.65. The van der Waals surface area contributed by atoms with Crippen molar-refractivity contribution in [2.75, 3.05) is 11.9 Å². The number of amides is 1.